The highest BCUT2D eigenvalue weighted by atomic mass is 31.2. The first-order chi connectivity index (χ1) is 4.00. The second-order valence-electron chi connectivity index (χ2n) is 2.44. The van der Waals surface area contributed by atoms with E-state index >= 15 is 0 Å². The Bertz CT molecular complexity index is 150. The Kier molecular flexibility index (Phi) is 1.61. The SMILES string of the molecule is C[P+](O)(O)C1=C[C@@H](N)C1. The average Bonchev–Trinajstić information content (AvgIpc) is 1.55. The van der Waals surface area contributed by atoms with Gasteiger partial charge in [0.1, 0.15) is 12.0 Å². The van der Waals surface area contributed by atoms with Crippen LogP contribution in [0.2, 0.25) is 0 Å². The first kappa shape index (κ1) is 7.16. The van der Waals surface area contributed by atoms with Gasteiger partial charge in [-0.2, -0.15) is 0 Å². The van der Waals surface area contributed by atoms with Gasteiger partial charge in [-0.05, 0) is 6.08 Å². The zero-order valence-electron chi connectivity index (χ0n) is 5.28. The largest absolute Gasteiger partial charge is 0.324 e. The topological polar surface area (TPSA) is 66.5 Å². The first-order valence-corrected chi connectivity index (χ1v) is 4.93. The van der Waals surface area contributed by atoms with Gasteiger partial charge in [0.05, 0.1) is 0 Å². The van der Waals surface area contributed by atoms with Gasteiger partial charge in [-0.3, -0.25) is 0 Å². The van der Waals surface area contributed by atoms with Crippen LogP contribution in [0.4, 0.5) is 0 Å². The summed E-state index contributed by atoms with van der Waals surface area (Å²) in [5.41, 5.74) is 5.38. The number of nitrogens with two attached hydrogens (primary N) is 1. The van der Waals surface area contributed by atoms with Crippen molar-refractivity contribution in [1.82, 2.24) is 0 Å². The van der Waals surface area contributed by atoms with Crippen LogP contribution in [-0.4, -0.2) is 22.5 Å². The van der Waals surface area contributed by atoms with Gasteiger partial charge in [0.25, 0.3) is 7.72 Å². The molecule has 1 aliphatic carbocycles. The maximum absolute atomic E-state index is 9.00. The summed E-state index contributed by atoms with van der Waals surface area (Å²) in [5, 5.41) is 0.731. The van der Waals surface area contributed by atoms with E-state index in [0.29, 0.717) is 6.42 Å². The third-order valence-corrected chi connectivity index (χ3v) is 2.82. The van der Waals surface area contributed by atoms with Crippen molar-refractivity contribution >= 4 is 7.72 Å². The summed E-state index contributed by atoms with van der Waals surface area (Å²) in [4.78, 5) is 18.0. The van der Waals surface area contributed by atoms with Gasteiger partial charge < -0.3 is 5.73 Å². The molecule has 0 aromatic heterocycles. The molecule has 0 aromatic rings. The van der Waals surface area contributed by atoms with Crippen LogP contribution in [0.25, 0.3) is 0 Å². The molecule has 4 N–H and O–H groups in total. The Morgan fingerprint density at radius 2 is 2.22 bits per heavy atom. The van der Waals surface area contributed by atoms with Crippen LogP contribution in [0, 0.1) is 0 Å². The molecule has 0 radical (unpaired) electrons. The summed E-state index contributed by atoms with van der Waals surface area (Å²) < 4.78 is 0. The number of rotatable bonds is 1. The van der Waals surface area contributed by atoms with E-state index in [1.54, 1.807) is 6.08 Å². The van der Waals surface area contributed by atoms with E-state index in [4.69, 9.17) is 15.5 Å². The zero-order valence-corrected chi connectivity index (χ0v) is 6.18. The highest BCUT2D eigenvalue weighted by Gasteiger charge is 2.38. The second-order valence-corrected chi connectivity index (χ2v) is 4.84. The lowest BCUT2D eigenvalue weighted by molar-refractivity contribution is 0.460. The molecule has 0 aromatic carbocycles. The summed E-state index contributed by atoms with van der Waals surface area (Å²) in [6.07, 6.45) is 2.37. The smallest absolute Gasteiger partial charge is 0.292 e. The van der Waals surface area contributed by atoms with Crippen LogP contribution >= 0.6 is 7.72 Å². The lowest BCUT2D eigenvalue weighted by Crippen LogP contribution is -2.26. The predicted molar refractivity (Wildman–Crippen MR) is 38.0 cm³/mol. The molecule has 0 spiro atoms. The van der Waals surface area contributed by atoms with Crippen LogP contribution in [-0.2, 0) is 0 Å². The quantitative estimate of drug-likeness (QED) is 0.461. The molecule has 3 nitrogen and oxygen atoms in total. The molecule has 0 heterocycles. The summed E-state index contributed by atoms with van der Waals surface area (Å²) >= 11 is 0. The molecular formula is C5H11NO2P+. The molecule has 1 aliphatic rings. The van der Waals surface area contributed by atoms with E-state index < -0.39 is 7.72 Å². The third kappa shape index (κ3) is 1.49. The molecule has 0 amide bonds. The number of hydrogen-bond donors (Lipinski definition) is 3. The fourth-order valence-electron chi connectivity index (χ4n) is 0.769. The average molecular weight is 148 g/mol. The van der Waals surface area contributed by atoms with Crippen LogP contribution in [0.5, 0.6) is 0 Å². The van der Waals surface area contributed by atoms with Crippen molar-refractivity contribution in [2.45, 2.75) is 12.5 Å². The van der Waals surface area contributed by atoms with E-state index in [1.165, 1.54) is 6.66 Å². The van der Waals surface area contributed by atoms with Crippen LogP contribution < -0.4 is 5.73 Å². The summed E-state index contributed by atoms with van der Waals surface area (Å²) in [7, 11) is -2.68. The Morgan fingerprint density at radius 3 is 2.33 bits per heavy atom. The maximum Gasteiger partial charge on any atom is 0.292 e. The van der Waals surface area contributed by atoms with Gasteiger partial charge in [0, 0.05) is 12.5 Å². The van der Waals surface area contributed by atoms with Gasteiger partial charge in [-0.25, -0.2) is 9.79 Å². The minimum atomic E-state index is -2.68. The minimum absolute atomic E-state index is 0.0543. The normalized spacial score (nSPS) is 27.1. The second kappa shape index (κ2) is 2.03. The van der Waals surface area contributed by atoms with Gasteiger partial charge >= 0.3 is 0 Å². The Morgan fingerprint density at radius 1 is 1.78 bits per heavy atom. The summed E-state index contributed by atoms with van der Waals surface area (Å²) in [5.74, 6) is 0. The molecule has 0 bridgehead atoms. The zero-order chi connectivity index (χ0) is 7.07. The molecule has 0 fully saturated rings. The van der Waals surface area contributed by atoms with E-state index in [2.05, 4.69) is 0 Å². The monoisotopic (exact) mass is 148 g/mol. The fourth-order valence-corrected chi connectivity index (χ4v) is 1.80. The molecule has 0 unspecified atom stereocenters. The van der Waals surface area contributed by atoms with Gasteiger partial charge in [-0.15, -0.1) is 0 Å². The van der Waals surface area contributed by atoms with Crippen LogP contribution in [0.3, 0.4) is 0 Å². The fraction of sp³-hybridized carbons (Fsp3) is 0.600. The van der Waals surface area contributed by atoms with Crippen molar-refractivity contribution in [1.29, 1.82) is 0 Å². The Hall–Kier alpha value is 0.0500. The van der Waals surface area contributed by atoms with E-state index in [9.17, 15) is 0 Å². The van der Waals surface area contributed by atoms with Crippen LogP contribution in [0.15, 0.2) is 11.4 Å². The molecule has 0 saturated heterocycles. The summed E-state index contributed by atoms with van der Waals surface area (Å²) in [6, 6.07) is 0.0543. The van der Waals surface area contributed by atoms with Crippen molar-refractivity contribution < 1.29 is 9.79 Å². The maximum atomic E-state index is 9.00. The molecular weight excluding hydrogens is 137 g/mol. The van der Waals surface area contributed by atoms with Crippen molar-refractivity contribution in [2.24, 2.45) is 5.73 Å². The Labute approximate surface area is 54.7 Å². The third-order valence-electron chi connectivity index (χ3n) is 1.40. The molecule has 52 valence electrons. The van der Waals surface area contributed by atoms with E-state index in [1.807, 2.05) is 0 Å². The first-order valence-electron chi connectivity index (χ1n) is 2.79. The van der Waals surface area contributed by atoms with Gasteiger partial charge in [-0.1, -0.05) is 0 Å². The highest BCUT2D eigenvalue weighted by Crippen LogP contribution is 2.58. The van der Waals surface area contributed by atoms with Crippen molar-refractivity contribution in [3.63, 3.8) is 0 Å². The molecule has 1 atom stereocenters. The van der Waals surface area contributed by atoms with Crippen LogP contribution in [0.1, 0.15) is 6.42 Å². The molecule has 1 rings (SSSR count). The molecule has 4 heteroatoms. The summed E-state index contributed by atoms with van der Waals surface area (Å²) in [6.45, 7) is 1.45. The minimum Gasteiger partial charge on any atom is -0.324 e. The van der Waals surface area contributed by atoms with E-state index in [-0.39, 0.29) is 6.04 Å². The van der Waals surface area contributed by atoms with Crippen molar-refractivity contribution in [3.8, 4) is 0 Å². The van der Waals surface area contributed by atoms with Gasteiger partial charge in [0.2, 0.25) is 0 Å². The standard InChI is InChI=1S/C5H11NO2P/c1-9(7,8)5-2-4(6)3-5/h2,4,7-8H,3,6H2,1H3/q+1/t4-/m1/s1. The molecule has 9 heavy (non-hydrogen) atoms. The Balaban J connectivity index is 2.58. The van der Waals surface area contributed by atoms with Crippen molar-refractivity contribution in [3.05, 3.63) is 11.4 Å². The number of hydrogen-bond acceptors (Lipinski definition) is 3. The molecule has 0 aliphatic heterocycles. The van der Waals surface area contributed by atoms with E-state index in [0.717, 1.165) is 5.31 Å². The van der Waals surface area contributed by atoms with Crippen molar-refractivity contribution in [2.75, 3.05) is 6.66 Å². The predicted octanol–water partition coefficient (Wildman–Crippen LogP) is 0.0633. The lowest BCUT2D eigenvalue weighted by Gasteiger charge is -2.21. The highest BCUT2D eigenvalue weighted by molar-refractivity contribution is 7.68. The molecule has 0 saturated carbocycles. The van der Waals surface area contributed by atoms with Gasteiger partial charge in [0.15, 0.2) is 0 Å². The lowest BCUT2D eigenvalue weighted by atomic mass is 10.1.